The van der Waals surface area contributed by atoms with E-state index in [1.165, 1.54) is 11.3 Å². The lowest BCUT2D eigenvalue weighted by Crippen LogP contribution is -2.32. The maximum atomic E-state index is 12.5. The average molecular weight is 404 g/mol. The van der Waals surface area contributed by atoms with Gasteiger partial charge in [-0.05, 0) is 31.2 Å². The molecule has 0 fully saturated rings. The van der Waals surface area contributed by atoms with E-state index < -0.39 is 0 Å². The van der Waals surface area contributed by atoms with Crippen LogP contribution >= 0.6 is 22.9 Å². The van der Waals surface area contributed by atoms with E-state index in [4.69, 9.17) is 11.6 Å². The second kappa shape index (κ2) is 8.45. The summed E-state index contributed by atoms with van der Waals surface area (Å²) in [6.07, 6.45) is 0.216. The third kappa shape index (κ3) is 4.61. The van der Waals surface area contributed by atoms with Crippen molar-refractivity contribution in [2.24, 2.45) is 0 Å². The van der Waals surface area contributed by atoms with Gasteiger partial charge in [-0.1, -0.05) is 23.7 Å². The van der Waals surface area contributed by atoms with Crippen LogP contribution in [-0.2, 0) is 11.3 Å². The summed E-state index contributed by atoms with van der Waals surface area (Å²) < 4.78 is 0.547. The van der Waals surface area contributed by atoms with Crippen molar-refractivity contribution in [3.05, 3.63) is 61.8 Å². The Labute approximate surface area is 164 Å². The molecule has 0 radical (unpaired) electrons. The molecule has 27 heavy (non-hydrogen) atoms. The van der Waals surface area contributed by atoms with Gasteiger partial charge in [-0.3, -0.25) is 14.4 Å². The molecule has 2 heterocycles. The van der Waals surface area contributed by atoms with Gasteiger partial charge in [0, 0.05) is 19.4 Å². The summed E-state index contributed by atoms with van der Waals surface area (Å²) in [5, 5.41) is 0.510. The molecule has 1 amide bonds. The first-order valence-electron chi connectivity index (χ1n) is 8.52. The van der Waals surface area contributed by atoms with E-state index >= 15 is 0 Å². The Bertz CT molecular complexity index is 1040. The van der Waals surface area contributed by atoms with Crippen molar-refractivity contribution >= 4 is 45.5 Å². The number of nitrogens with zero attached hydrogens (tertiary/aromatic N) is 2. The molecule has 8 heteroatoms. The predicted molar refractivity (Wildman–Crippen MR) is 106 cm³/mol. The molecule has 0 aliphatic rings. The Morgan fingerprint density at radius 2 is 1.96 bits per heavy atom. The number of halogens is 1. The van der Waals surface area contributed by atoms with Gasteiger partial charge in [-0.15, -0.1) is 11.3 Å². The molecule has 1 aromatic carbocycles. The van der Waals surface area contributed by atoms with Crippen LogP contribution in [0.15, 0.2) is 41.2 Å². The molecule has 0 aliphatic heterocycles. The molecule has 0 saturated carbocycles. The minimum absolute atomic E-state index is 0.0972. The van der Waals surface area contributed by atoms with E-state index in [2.05, 4.69) is 9.97 Å². The van der Waals surface area contributed by atoms with E-state index in [1.807, 2.05) is 13.0 Å². The number of hydrogen-bond donors (Lipinski definition) is 1. The number of hydrogen-bond acceptors (Lipinski definition) is 5. The van der Waals surface area contributed by atoms with E-state index in [0.717, 1.165) is 0 Å². The number of para-hydroxylation sites is 1. The van der Waals surface area contributed by atoms with Gasteiger partial charge in [-0.25, -0.2) is 4.98 Å². The molecule has 1 N–H and O–H groups in total. The van der Waals surface area contributed by atoms with Crippen LogP contribution in [0.5, 0.6) is 0 Å². The lowest BCUT2D eigenvalue weighted by atomic mass is 10.2. The Kier molecular flexibility index (Phi) is 6.03. The van der Waals surface area contributed by atoms with Crippen molar-refractivity contribution in [3.63, 3.8) is 0 Å². The van der Waals surface area contributed by atoms with Crippen molar-refractivity contribution in [1.29, 1.82) is 0 Å². The highest BCUT2D eigenvalue weighted by Crippen LogP contribution is 2.23. The van der Waals surface area contributed by atoms with E-state index in [0.29, 0.717) is 32.5 Å². The van der Waals surface area contributed by atoms with Gasteiger partial charge in [0.25, 0.3) is 5.56 Å². The smallest absolute Gasteiger partial charge is 0.258 e. The second-order valence-electron chi connectivity index (χ2n) is 5.96. The average Bonchev–Trinajstić information content (AvgIpc) is 3.10. The van der Waals surface area contributed by atoms with Crippen LogP contribution in [0, 0.1) is 0 Å². The number of ketones is 1. The number of rotatable bonds is 7. The number of carbonyl (C=O) groups is 2. The van der Waals surface area contributed by atoms with Crippen LogP contribution in [-0.4, -0.2) is 33.1 Å². The van der Waals surface area contributed by atoms with E-state index in [1.54, 1.807) is 35.2 Å². The number of thiophene rings is 1. The number of aromatic nitrogens is 2. The van der Waals surface area contributed by atoms with Gasteiger partial charge in [0.05, 0.1) is 26.7 Å². The fourth-order valence-electron chi connectivity index (χ4n) is 2.73. The van der Waals surface area contributed by atoms with Crippen LogP contribution in [0.3, 0.4) is 0 Å². The zero-order valence-electron chi connectivity index (χ0n) is 14.7. The first-order valence-corrected chi connectivity index (χ1v) is 9.71. The molecule has 0 spiro atoms. The summed E-state index contributed by atoms with van der Waals surface area (Å²) in [7, 11) is 0. The van der Waals surface area contributed by atoms with Crippen molar-refractivity contribution in [1.82, 2.24) is 14.9 Å². The molecular weight excluding hydrogens is 386 g/mol. The Balaban J connectivity index is 1.67. The molecule has 3 rings (SSSR count). The second-order valence-corrected chi connectivity index (χ2v) is 7.68. The van der Waals surface area contributed by atoms with Gasteiger partial charge in [0.1, 0.15) is 5.82 Å². The molecule has 6 nitrogen and oxygen atoms in total. The van der Waals surface area contributed by atoms with Crippen molar-refractivity contribution in [2.45, 2.75) is 26.3 Å². The molecular formula is C19H18ClN3O3S. The van der Waals surface area contributed by atoms with Gasteiger partial charge >= 0.3 is 0 Å². The number of benzene rings is 1. The minimum atomic E-state index is -0.233. The molecule has 0 atom stereocenters. The summed E-state index contributed by atoms with van der Waals surface area (Å²) in [5.74, 6) is 0.156. The first kappa shape index (κ1) is 19.3. The van der Waals surface area contributed by atoms with Crippen molar-refractivity contribution < 1.29 is 9.59 Å². The highest BCUT2D eigenvalue weighted by molar-refractivity contribution is 7.18. The van der Waals surface area contributed by atoms with Crippen LogP contribution in [0.4, 0.5) is 0 Å². The Hall–Kier alpha value is -2.51. The highest BCUT2D eigenvalue weighted by Gasteiger charge is 2.17. The van der Waals surface area contributed by atoms with Crippen LogP contribution in [0.2, 0.25) is 4.34 Å². The fourth-order valence-corrected chi connectivity index (χ4v) is 3.74. The number of carbonyl (C=O) groups excluding carboxylic acids is 2. The number of nitrogens with one attached hydrogen (secondary N) is 1. The van der Waals surface area contributed by atoms with Crippen LogP contribution < -0.4 is 5.56 Å². The van der Waals surface area contributed by atoms with Gasteiger partial charge in [0.2, 0.25) is 5.91 Å². The highest BCUT2D eigenvalue weighted by atomic mass is 35.5. The third-order valence-corrected chi connectivity index (χ3v) is 5.42. The summed E-state index contributed by atoms with van der Waals surface area (Å²) in [4.78, 5) is 46.1. The lowest BCUT2D eigenvalue weighted by Gasteiger charge is -2.20. The standard InChI is InChI=1S/C19H18ClN3O3S/c1-2-23(18(25)10-7-14(24)15-8-9-16(20)27-15)11-17-21-13-6-4-3-5-12(13)19(26)22-17/h3-6,8-9H,2,7,10-11H2,1H3,(H,21,22,26). The maximum Gasteiger partial charge on any atom is 0.258 e. The Morgan fingerprint density at radius 1 is 1.19 bits per heavy atom. The summed E-state index contributed by atoms with van der Waals surface area (Å²) in [6.45, 7) is 2.49. The molecule has 0 aliphatic carbocycles. The Morgan fingerprint density at radius 3 is 2.67 bits per heavy atom. The lowest BCUT2D eigenvalue weighted by molar-refractivity contribution is -0.131. The number of aromatic amines is 1. The number of amides is 1. The number of H-pyrrole nitrogens is 1. The molecule has 0 bridgehead atoms. The van der Waals surface area contributed by atoms with E-state index in [-0.39, 0.29) is 36.6 Å². The van der Waals surface area contributed by atoms with Crippen molar-refractivity contribution in [3.8, 4) is 0 Å². The SMILES string of the molecule is CCN(Cc1nc2ccccc2c(=O)[nH]1)C(=O)CCC(=O)c1ccc(Cl)s1. The zero-order valence-corrected chi connectivity index (χ0v) is 16.3. The topological polar surface area (TPSA) is 83.1 Å². The predicted octanol–water partition coefficient (Wildman–Crippen LogP) is 3.65. The first-order chi connectivity index (χ1) is 13.0. The van der Waals surface area contributed by atoms with Gasteiger partial charge in [0.15, 0.2) is 5.78 Å². The van der Waals surface area contributed by atoms with Gasteiger partial charge < -0.3 is 9.88 Å². The summed E-state index contributed by atoms with van der Waals surface area (Å²) >= 11 is 7.05. The van der Waals surface area contributed by atoms with Crippen LogP contribution in [0.1, 0.15) is 35.3 Å². The summed E-state index contributed by atoms with van der Waals surface area (Å²) in [6, 6.07) is 10.4. The quantitative estimate of drug-likeness (QED) is 0.610. The zero-order chi connectivity index (χ0) is 19.4. The molecule has 0 unspecified atom stereocenters. The molecule has 0 saturated heterocycles. The fraction of sp³-hybridized carbons (Fsp3) is 0.263. The minimum Gasteiger partial charge on any atom is -0.335 e. The molecule has 2 aromatic heterocycles. The van der Waals surface area contributed by atoms with Crippen LogP contribution in [0.25, 0.3) is 10.9 Å². The largest absolute Gasteiger partial charge is 0.335 e. The molecule has 140 valence electrons. The maximum absolute atomic E-state index is 12.5. The summed E-state index contributed by atoms with van der Waals surface area (Å²) in [5.41, 5.74) is 0.355. The number of Topliss-reactive ketones (excluding diaryl/α,β-unsaturated/α-hetero) is 1. The van der Waals surface area contributed by atoms with Crippen molar-refractivity contribution in [2.75, 3.05) is 6.54 Å². The van der Waals surface area contributed by atoms with Gasteiger partial charge in [-0.2, -0.15) is 0 Å². The number of fused-ring (bicyclic) bond motifs is 1. The molecule has 3 aromatic rings. The normalized spacial score (nSPS) is 10.9. The van der Waals surface area contributed by atoms with E-state index in [9.17, 15) is 14.4 Å². The monoisotopic (exact) mass is 403 g/mol. The third-order valence-electron chi connectivity index (χ3n) is 4.15.